The standard InChI is InChI=1S/C17H14ClN5O4/c1-2-26-12-4-8(3-11(18)15(12)27-7-13(21)24)14-9(5-19)16(22)23-17(25)10(14)6-20/h3-4H,2,7H2,1H3,(H2,21,24)(H3,22,23,25). The number of halogens is 1. The van der Waals surface area contributed by atoms with Gasteiger partial charge in [-0.25, -0.2) is 0 Å². The molecule has 0 saturated carbocycles. The minimum Gasteiger partial charge on any atom is -0.490 e. The number of carbonyl (C=O) groups excluding carboxylic acids is 1. The SMILES string of the molecule is CCOc1cc(-c2c(C#N)c(N)[nH]c(=O)c2C#N)cc(Cl)c1OCC(N)=O. The maximum atomic E-state index is 12.1. The Labute approximate surface area is 158 Å². The van der Waals surface area contributed by atoms with Crippen LogP contribution in [0.1, 0.15) is 18.1 Å². The van der Waals surface area contributed by atoms with Gasteiger partial charge in [-0.1, -0.05) is 11.6 Å². The van der Waals surface area contributed by atoms with Crippen molar-refractivity contribution in [3.05, 3.63) is 38.6 Å². The van der Waals surface area contributed by atoms with Gasteiger partial charge in [0.25, 0.3) is 11.5 Å². The highest BCUT2D eigenvalue weighted by atomic mass is 35.5. The third kappa shape index (κ3) is 3.94. The van der Waals surface area contributed by atoms with Crippen molar-refractivity contribution in [2.24, 2.45) is 5.73 Å². The molecule has 1 heterocycles. The van der Waals surface area contributed by atoms with Crippen molar-refractivity contribution in [2.45, 2.75) is 6.92 Å². The van der Waals surface area contributed by atoms with E-state index in [1.54, 1.807) is 13.0 Å². The van der Waals surface area contributed by atoms with Crippen molar-refractivity contribution >= 4 is 23.3 Å². The van der Waals surface area contributed by atoms with Crippen LogP contribution in [0.4, 0.5) is 5.82 Å². The molecule has 0 unspecified atom stereocenters. The lowest BCUT2D eigenvalue weighted by Crippen LogP contribution is -2.20. The molecule has 0 fully saturated rings. The number of amides is 1. The summed E-state index contributed by atoms with van der Waals surface area (Å²) in [5, 5.41) is 18.8. The Morgan fingerprint density at radius 1 is 1.26 bits per heavy atom. The Morgan fingerprint density at radius 2 is 1.93 bits per heavy atom. The molecule has 1 aromatic heterocycles. The number of nitrogens with two attached hydrogens (primary N) is 2. The molecule has 138 valence electrons. The van der Waals surface area contributed by atoms with Crippen LogP contribution in [0.5, 0.6) is 11.5 Å². The predicted molar refractivity (Wildman–Crippen MR) is 97.2 cm³/mol. The van der Waals surface area contributed by atoms with Gasteiger partial charge in [-0.15, -0.1) is 0 Å². The second-order valence-electron chi connectivity index (χ2n) is 5.19. The number of aromatic amines is 1. The van der Waals surface area contributed by atoms with Crippen LogP contribution in [0, 0.1) is 22.7 Å². The minimum absolute atomic E-state index is 0.0190. The molecule has 2 aromatic rings. The molecule has 0 bridgehead atoms. The zero-order valence-corrected chi connectivity index (χ0v) is 14.9. The van der Waals surface area contributed by atoms with Crippen LogP contribution in [0.25, 0.3) is 11.1 Å². The van der Waals surface area contributed by atoms with Crippen LogP contribution < -0.4 is 26.5 Å². The van der Waals surface area contributed by atoms with Gasteiger partial charge in [0.2, 0.25) is 0 Å². The maximum Gasteiger partial charge on any atom is 0.268 e. The highest BCUT2D eigenvalue weighted by Gasteiger charge is 2.22. The first-order valence-electron chi connectivity index (χ1n) is 7.57. The number of hydrogen-bond acceptors (Lipinski definition) is 7. The van der Waals surface area contributed by atoms with Crippen LogP contribution in [-0.2, 0) is 4.79 Å². The van der Waals surface area contributed by atoms with Gasteiger partial charge in [0.05, 0.1) is 11.6 Å². The summed E-state index contributed by atoms with van der Waals surface area (Å²) in [6.45, 7) is 1.52. The van der Waals surface area contributed by atoms with Crippen molar-refractivity contribution in [3.63, 3.8) is 0 Å². The first-order valence-corrected chi connectivity index (χ1v) is 7.95. The molecule has 27 heavy (non-hydrogen) atoms. The van der Waals surface area contributed by atoms with E-state index in [4.69, 9.17) is 32.5 Å². The van der Waals surface area contributed by atoms with Crippen molar-refractivity contribution in [3.8, 4) is 34.8 Å². The second kappa shape index (κ2) is 8.13. The van der Waals surface area contributed by atoms with Gasteiger partial charge in [-0.2, -0.15) is 10.5 Å². The number of nitrogen functional groups attached to an aromatic ring is 1. The van der Waals surface area contributed by atoms with E-state index < -0.39 is 18.1 Å². The van der Waals surface area contributed by atoms with E-state index in [1.165, 1.54) is 12.1 Å². The summed E-state index contributed by atoms with van der Waals surface area (Å²) in [6, 6.07) is 6.43. The van der Waals surface area contributed by atoms with Crippen molar-refractivity contribution in [1.29, 1.82) is 10.5 Å². The summed E-state index contributed by atoms with van der Waals surface area (Å²) < 4.78 is 10.8. The number of carbonyl (C=O) groups is 1. The molecule has 0 atom stereocenters. The van der Waals surface area contributed by atoms with Crippen LogP contribution >= 0.6 is 11.6 Å². The minimum atomic E-state index is -0.743. The summed E-state index contributed by atoms with van der Waals surface area (Å²) in [6.07, 6.45) is 0. The lowest BCUT2D eigenvalue weighted by Gasteiger charge is -2.16. The number of anilines is 1. The fourth-order valence-corrected chi connectivity index (χ4v) is 2.66. The van der Waals surface area contributed by atoms with Gasteiger partial charge in [-0.05, 0) is 24.6 Å². The number of nitrogens with zero attached hydrogens (tertiary/aromatic N) is 2. The average Bonchev–Trinajstić information content (AvgIpc) is 2.60. The van der Waals surface area contributed by atoms with E-state index in [2.05, 4.69) is 4.98 Å². The molecule has 0 aliphatic rings. The predicted octanol–water partition coefficient (Wildman–Crippen LogP) is 1.28. The normalized spacial score (nSPS) is 9.93. The van der Waals surface area contributed by atoms with E-state index in [0.717, 1.165) is 0 Å². The number of primary amides is 1. The summed E-state index contributed by atoms with van der Waals surface area (Å²) in [5.74, 6) is -0.679. The van der Waals surface area contributed by atoms with Gasteiger partial charge in [0.15, 0.2) is 18.1 Å². The van der Waals surface area contributed by atoms with Gasteiger partial charge in [0, 0.05) is 5.56 Å². The number of nitrogens with one attached hydrogen (secondary N) is 1. The number of hydrogen-bond donors (Lipinski definition) is 3. The van der Waals surface area contributed by atoms with Crippen LogP contribution in [-0.4, -0.2) is 24.1 Å². The maximum absolute atomic E-state index is 12.1. The molecular formula is C17H14ClN5O4. The van der Waals surface area contributed by atoms with E-state index in [0.29, 0.717) is 0 Å². The van der Waals surface area contributed by atoms with Crippen LogP contribution in [0.2, 0.25) is 5.02 Å². The fourth-order valence-electron chi connectivity index (χ4n) is 2.39. The van der Waals surface area contributed by atoms with Crippen LogP contribution in [0.15, 0.2) is 16.9 Å². The molecule has 1 amide bonds. The molecule has 0 aliphatic carbocycles. The third-order valence-corrected chi connectivity index (χ3v) is 3.71. The highest BCUT2D eigenvalue weighted by molar-refractivity contribution is 6.32. The zero-order valence-electron chi connectivity index (χ0n) is 14.1. The van der Waals surface area contributed by atoms with Crippen molar-refractivity contribution in [2.75, 3.05) is 18.9 Å². The monoisotopic (exact) mass is 387 g/mol. The van der Waals surface area contributed by atoms with Crippen LogP contribution in [0.3, 0.4) is 0 Å². The summed E-state index contributed by atoms with van der Waals surface area (Å²) in [7, 11) is 0. The Morgan fingerprint density at radius 3 is 2.48 bits per heavy atom. The van der Waals surface area contributed by atoms with E-state index in [9.17, 15) is 20.1 Å². The topological polar surface area (TPSA) is 168 Å². The number of benzene rings is 1. The lowest BCUT2D eigenvalue weighted by atomic mass is 9.96. The smallest absolute Gasteiger partial charge is 0.268 e. The van der Waals surface area contributed by atoms with Gasteiger partial charge < -0.3 is 25.9 Å². The zero-order chi connectivity index (χ0) is 20.1. The molecule has 10 heteroatoms. The number of aromatic nitrogens is 1. The fraction of sp³-hybridized carbons (Fsp3) is 0.176. The average molecular weight is 388 g/mol. The van der Waals surface area contributed by atoms with Gasteiger partial charge in [-0.3, -0.25) is 9.59 Å². The second-order valence-corrected chi connectivity index (χ2v) is 5.60. The lowest BCUT2D eigenvalue weighted by molar-refractivity contribution is -0.119. The Kier molecular flexibility index (Phi) is 5.91. The molecule has 0 aliphatic heterocycles. The summed E-state index contributed by atoms with van der Waals surface area (Å²) >= 11 is 6.23. The molecule has 0 saturated heterocycles. The quantitative estimate of drug-likeness (QED) is 0.670. The number of ether oxygens (including phenoxy) is 2. The molecule has 2 rings (SSSR count). The molecular weight excluding hydrogens is 374 g/mol. The molecule has 5 N–H and O–H groups in total. The Bertz CT molecular complexity index is 1050. The Balaban J connectivity index is 2.78. The number of H-pyrrole nitrogens is 1. The summed E-state index contributed by atoms with van der Waals surface area (Å²) in [5.41, 5.74) is 9.92. The van der Waals surface area contributed by atoms with E-state index >= 15 is 0 Å². The number of pyridine rings is 1. The third-order valence-electron chi connectivity index (χ3n) is 3.43. The van der Waals surface area contributed by atoms with Gasteiger partial charge >= 0.3 is 0 Å². The molecule has 0 spiro atoms. The largest absolute Gasteiger partial charge is 0.490 e. The summed E-state index contributed by atoms with van der Waals surface area (Å²) in [4.78, 5) is 25.3. The van der Waals surface area contributed by atoms with E-state index in [-0.39, 0.29) is 51.2 Å². The first kappa shape index (κ1) is 19.6. The molecule has 1 aromatic carbocycles. The van der Waals surface area contributed by atoms with Crippen molar-refractivity contribution in [1.82, 2.24) is 4.98 Å². The van der Waals surface area contributed by atoms with Gasteiger partial charge in [0.1, 0.15) is 29.1 Å². The van der Waals surface area contributed by atoms with E-state index in [1.807, 2.05) is 6.07 Å². The first-order chi connectivity index (χ1) is 12.8. The number of nitriles is 2. The molecule has 9 nitrogen and oxygen atoms in total. The van der Waals surface area contributed by atoms with Crippen molar-refractivity contribution < 1.29 is 14.3 Å². The highest BCUT2D eigenvalue weighted by Crippen LogP contribution is 2.41. The molecule has 0 radical (unpaired) electrons. The Hall–Kier alpha value is -3.69. The number of rotatable bonds is 6.